The van der Waals surface area contributed by atoms with Crippen molar-refractivity contribution in [3.63, 3.8) is 0 Å². The third-order valence-electron chi connectivity index (χ3n) is 5.09. The van der Waals surface area contributed by atoms with Gasteiger partial charge in [0.25, 0.3) is 0 Å². The molecule has 2 aromatic rings. The van der Waals surface area contributed by atoms with Gasteiger partial charge in [-0.1, -0.05) is 151 Å². The Labute approximate surface area is 353 Å². The Morgan fingerprint density at radius 3 is 1.13 bits per heavy atom. The fraction of sp³-hybridized carbons (Fsp3) is 0.370. The minimum absolute atomic E-state index is 0.00721. The first-order chi connectivity index (χ1) is 23.8. The summed E-state index contributed by atoms with van der Waals surface area (Å²) in [5, 5.41) is 0. The maximum absolute atomic E-state index is 13.7. The van der Waals surface area contributed by atoms with E-state index >= 15 is 0 Å². The lowest BCUT2D eigenvalue weighted by Crippen LogP contribution is -2.23. The van der Waals surface area contributed by atoms with Crippen molar-refractivity contribution < 1.29 is 61.9 Å². The molecule has 2 aromatic carbocycles. The first-order valence-electron chi connectivity index (χ1n) is 13.2. The summed E-state index contributed by atoms with van der Waals surface area (Å²) in [6, 6.07) is 7.40. The molecule has 52 heavy (non-hydrogen) atoms. The van der Waals surface area contributed by atoms with Crippen LogP contribution >= 0.6 is 139 Å². The molecule has 0 unspecified atom stereocenters. The van der Waals surface area contributed by atoms with Gasteiger partial charge >= 0.3 is 24.6 Å². The van der Waals surface area contributed by atoms with Gasteiger partial charge in [0, 0.05) is 18.6 Å². The van der Waals surface area contributed by atoms with Crippen LogP contribution in [0.1, 0.15) is 22.3 Å². The Morgan fingerprint density at radius 1 is 0.462 bits per heavy atom. The van der Waals surface area contributed by atoms with Gasteiger partial charge in [-0.25, -0.2) is 19.2 Å². The van der Waals surface area contributed by atoms with Crippen molar-refractivity contribution in [1.29, 1.82) is 0 Å². The van der Waals surface area contributed by atoms with Gasteiger partial charge in [0.05, 0.1) is 0 Å². The number of carbonyl (C=O) groups excluding carboxylic acids is 5. The van der Waals surface area contributed by atoms with Crippen molar-refractivity contribution in [2.75, 3.05) is 26.4 Å². The summed E-state index contributed by atoms with van der Waals surface area (Å²) in [7, 11) is 0. The Morgan fingerprint density at radius 2 is 0.788 bits per heavy atom. The molecular weight excluding hydrogens is 958 g/mol. The van der Waals surface area contributed by atoms with Crippen LogP contribution in [0.5, 0.6) is 23.0 Å². The van der Waals surface area contributed by atoms with Gasteiger partial charge < -0.3 is 37.9 Å². The zero-order chi connectivity index (χ0) is 39.5. The highest BCUT2D eigenvalue weighted by Crippen LogP contribution is 2.38. The summed E-state index contributed by atoms with van der Waals surface area (Å²) in [6.07, 6.45) is -6.03. The Balaban J connectivity index is 2.43. The summed E-state index contributed by atoms with van der Waals surface area (Å²) in [5.41, 5.74) is -0.0727. The fourth-order valence-electron chi connectivity index (χ4n) is 3.22. The number of hydrogen-bond acceptors (Lipinski definition) is 13. The molecule has 0 bridgehead atoms. The van der Waals surface area contributed by atoms with E-state index in [0.717, 1.165) is 12.1 Å². The van der Waals surface area contributed by atoms with Crippen molar-refractivity contribution in [1.82, 2.24) is 0 Å². The number of hydrogen-bond donors (Lipinski definition) is 0. The molecule has 0 aliphatic carbocycles. The molecule has 0 saturated heterocycles. The van der Waals surface area contributed by atoms with Crippen LogP contribution in [0.15, 0.2) is 36.4 Å². The van der Waals surface area contributed by atoms with Crippen molar-refractivity contribution in [2.24, 2.45) is 0 Å². The molecule has 0 amide bonds. The predicted octanol–water partition coefficient (Wildman–Crippen LogP) is 11.0. The minimum Gasteiger partial charge on any atom is -0.429 e. The number of ketones is 1. The molecule has 288 valence electrons. The van der Waals surface area contributed by atoms with Gasteiger partial charge in [-0.3, -0.25) is 4.79 Å². The maximum atomic E-state index is 13.7. The third kappa shape index (κ3) is 20.4. The quantitative estimate of drug-likeness (QED) is 0.0651. The highest BCUT2D eigenvalue weighted by Gasteiger charge is 2.30. The molecule has 0 heterocycles. The van der Waals surface area contributed by atoms with E-state index in [4.69, 9.17) is 172 Å². The molecule has 0 spiro atoms. The van der Waals surface area contributed by atoms with Crippen molar-refractivity contribution in [3.8, 4) is 23.0 Å². The second-order valence-corrected chi connectivity index (χ2v) is 19.4. The van der Waals surface area contributed by atoms with E-state index in [0.29, 0.717) is 5.56 Å². The summed E-state index contributed by atoms with van der Waals surface area (Å²) < 4.78 is 31.2. The second-order valence-electron chi connectivity index (χ2n) is 9.39. The highest BCUT2D eigenvalue weighted by molar-refractivity contribution is 6.69. The van der Waals surface area contributed by atoms with E-state index in [1.807, 2.05) is 0 Å². The Kier molecular flexibility index (Phi) is 18.5. The van der Waals surface area contributed by atoms with E-state index in [2.05, 4.69) is 4.74 Å². The molecule has 0 saturated carbocycles. The Bertz CT molecular complexity index is 1530. The lowest BCUT2D eigenvalue weighted by molar-refractivity contribution is 0.0928. The number of ether oxygens (including phenoxy) is 8. The molecule has 0 N–H and O–H groups in total. The number of Topliss-reactive ketones (excluding diaryl/α,β-unsaturated/α-hetero) is 1. The summed E-state index contributed by atoms with van der Waals surface area (Å²) >= 11 is 67.0. The third-order valence-corrected chi connectivity index (χ3v) is 6.40. The summed E-state index contributed by atoms with van der Waals surface area (Å²) in [4.78, 5) is 62.9. The zero-order valence-electron chi connectivity index (χ0n) is 25.0. The van der Waals surface area contributed by atoms with Crippen LogP contribution in [0.25, 0.3) is 0 Å². The zero-order valence-corrected chi connectivity index (χ0v) is 34.1. The largest absolute Gasteiger partial charge is 0.514 e. The van der Waals surface area contributed by atoms with Gasteiger partial charge in [0.1, 0.15) is 43.5 Å². The van der Waals surface area contributed by atoms with Crippen LogP contribution in [0, 0.1) is 0 Å². The SMILES string of the molecule is O=C(OCC(Cl)(Cl)Cl)Oc1ccc(CCC(=O)c2c(OC(=O)OCC(Cl)(Cl)Cl)cc(OC(=O)OCC(Cl)(Cl)Cl)cc2OC(=O)OCC(Cl)(Cl)Cl)cc1. The highest BCUT2D eigenvalue weighted by atomic mass is 35.6. The molecule has 2 rings (SSSR count). The molecule has 0 aliphatic heterocycles. The van der Waals surface area contributed by atoms with Crippen molar-refractivity contribution in [3.05, 3.63) is 47.5 Å². The average molecular weight is 976 g/mol. The number of alkyl halides is 12. The normalized spacial score (nSPS) is 11.9. The van der Waals surface area contributed by atoms with Gasteiger partial charge in [-0.05, 0) is 24.1 Å². The van der Waals surface area contributed by atoms with Crippen LogP contribution in [0.4, 0.5) is 19.2 Å². The smallest absolute Gasteiger partial charge is 0.429 e. The molecule has 13 nitrogen and oxygen atoms in total. The predicted molar refractivity (Wildman–Crippen MR) is 195 cm³/mol. The number of carbonyl (C=O) groups is 5. The average Bonchev–Trinajstić information content (AvgIpc) is 2.99. The monoisotopic (exact) mass is 970 g/mol. The number of rotatable bonds is 12. The Hall–Kier alpha value is -1.33. The standard InChI is InChI=1S/C27H18Cl12O13/c28-24(29,30)9-45-20(41)49-14-4-1-13(2-5-14)3-6-16(40)19-17(51-22(43)47-11-26(34,35)36)7-15(50-21(42)46-10-25(31,32)33)8-18(19)52-23(44)48-12-27(37,38)39/h1-2,4-5,7-8H,3,6,9-12H2. The summed E-state index contributed by atoms with van der Waals surface area (Å²) in [6.45, 7) is -2.95. The lowest BCUT2D eigenvalue weighted by Gasteiger charge is -2.17. The van der Waals surface area contributed by atoms with Crippen LogP contribution in [-0.4, -0.2) is 72.0 Å². The molecule has 0 atom stereocenters. The van der Waals surface area contributed by atoms with Crippen molar-refractivity contribution >= 4 is 170 Å². The van der Waals surface area contributed by atoms with E-state index in [1.54, 1.807) is 0 Å². The number of halogens is 12. The van der Waals surface area contributed by atoms with Crippen LogP contribution in [0.3, 0.4) is 0 Å². The molecule has 25 heteroatoms. The number of benzene rings is 2. The molecule has 0 fully saturated rings. The fourth-order valence-corrected chi connectivity index (χ4v) is 3.88. The van der Waals surface area contributed by atoms with Gasteiger partial charge in [0.15, 0.2) is 17.3 Å². The van der Waals surface area contributed by atoms with Crippen LogP contribution < -0.4 is 18.9 Å². The van der Waals surface area contributed by atoms with E-state index < -0.39 is 94.8 Å². The van der Waals surface area contributed by atoms with Gasteiger partial charge in [-0.15, -0.1) is 0 Å². The molecular formula is C27H18Cl12O13. The van der Waals surface area contributed by atoms with E-state index in [-0.39, 0.29) is 18.6 Å². The summed E-state index contributed by atoms with van der Waals surface area (Å²) in [5.74, 6) is -2.75. The molecule has 0 aromatic heterocycles. The van der Waals surface area contributed by atoms with Crippen molar-refractivity contribution in [2.45, 2.75) is 28.0 Å². The number of aryl methyl sites for hydroxylation is 1. The maximum Gasteiger partial charge on any atom is 0.514 e. The van der Waals surface area contributed by atoms with Crippen LogP contribution in [0.2, 0.25) is 0 Å². The topological polar surface area (TPSA) is 159 Å². The van der Waals surface area contributed by atoms with Gasteiger partial charge in [0.2, 0.25) is 15.2 Å². The van der Waals surface area contributed by atoms with E-state index in [1.165, 1.54) is 24.3 Å². The minimum atomic E-state index is -2.07. The molecule has 0 aliphatic rings. The second kappa shape index (κ2) is 20.5. The first kappa shape index (κ1) is 46.8. The van der Waals surface area contributed by atoms with Crippen LogP contribution in [-0.2, 0) is 25.4 Å². The first-order valence-corrected chi connectivity index (χ1v) is 17.8. The molecule has 0 radical (unpaired) electrons. The lowest BCUT2D eigenvalue weighted by atomic mass is 10.0. The van der Waals surface area contributed by atoms with E-state index in [9.17, 15) is 24.0 Å². The van der Waals surface area contributed by atoms with Gasteiger partial charge in [-0.2, -0.15) is 0 Å².